The maximum atomic E-state index is 11.9. The Morgan fingerprint density at radius 2 is 2.00 bits per heavy atom. The van der Waals surface area contributed by atoms with Crippen molar-refractivity contribution in [3.8, 4) is 0 Å². The average Bonchev–Trinajstić information content (AvgIpc) is 2.35. The molecule has 0 amide bonds. The molecule has 5 nitrogen and oxygen atoms in total. The summed E-state index contributed by atoms with van der Waals surface area (Å²) in [7, 11) is -1.98. The molecule has 0 fully saturated rings. The van der Waals surface area contributed by atoms with E-state index in [4.69, 9.17) is 5.11 Å². The fraction of sp³-hybridized carbons (Fsp3) is 0.500. The van der Waals surface area contributed by atoms with Crippen LogP contribution in [0.2, 0.25) is 0 Å². The van der Waals surface area contributed by atoms with Crippen molar-refractivity contribution in [2.24, 2.45) is 0 Å². The van der Waals surface area contributed by atoms with Crippen LogP contribution in [0, 0.1) is 6.92 Å². The van der Waals surface area contributed by atoms with Crippen LogP contribution in [0.15, 0.2) is 24.3 Å². The first-order valence-corrected chi connectivity index (χ1v) is 7.27. The fourth-order valence-electron chi connectivity index (χ4n) is 1.50. The van der Waals surface area contributed by atoms with E-state index < -0.39 is 10.2 Å². The SMILES string of the molecule is Cc1ccccc1CNS(=O)(=O)N(C)CCCO. The Labute approximate surface area is 109 Å². The summed E-state index contributed by atoms with van der Waals surface area (Å²) in [4.78, 5) is 0. The van der Waals surface area contributed by atoms with Crippen LogP contribution in [-0.2, 0) is 16.8 Å². The molecule has 1 aromatic rings. The molecule has 0 aromatic heterocycles. The molecule has 0 aliphatic carbocycles. The minimum Gasteiger partial charge on any atom is -0.396 e. The van der Waals surface area contributed by atoms with E-state index in [2.05, 4.69) is 4.72 Å². The number of aliphatic hydroxyl groups excluding tert-OH is 1. The molecule has 0 unspecified atom stereocenters. The number of hydrogen-bond donors (Lipinski definition) is 2. The summed E-state index contributed by atoms with van der Waals surface area (Å²) in [5, 5.41) is 8.68. The molecule has 0 saturated heterocycles. The molecule has 0 heterocycles. The third kappa shape index (κ3) is 4.38. The van der Waals surface area contributed by atoms with E-state index in [1.807, 2.05) is 31.2 Å². The maximum Gasteiger partial charge on any atom is 0.279 e. The van der Waals surface area contributed by atoms with Crippen LogP contribution in [0.3, 0.4) is 0 Å². The van der Waals surface area contributed by atoms with Crippen LogP contribution in [0.25, 0.3) is 0 Å². The van der Waals surface area contributed by atoms with E-state index in [1.165, 1.54) is 11.4 Å². The van der Waals surface area contributed by atoms with Crippen LogP contribution in [-0.4, -0.2) is 38.0 Å². The Kier molecular flexibility index (Phi) is 5.74. The van der Waals surface area contributed by atoms with Gasteiger partial charge in [0.15, 0.2) is 0 Å². The van der Waals surface area contributed by atoms with Gasteiger partial charge < -0.3 is 5.11 Å². The summed E-state index contributed by atoms with van der Waals surface area (Å²) >= 11 is 0. The summed E-state index contributed by atoms with van der Waals surface area (Å²) in [5.41, 5.74) is 2.01. The molecule has 1 aromatic carbocycles. The summed E-state index contributed by atoms with van der Waals surface area (Å²) < 4.78 is 27.5. The zero-order valence-corrected chi connectivity index (χ0v) is 11.6. The molecular formula is C12H20N2O3S. The number of hydrogen-bond acceptors (Lipinski definition) is 3. The normalized spacial score (nSPS) is 12.0. The van der Waals surface area contributed by atoms with Crippen molar-refractivity contribution in [2.75, 3.05) is 20.2 Å². The quantitative estimate of drug-likeness (QED) is 0.765. The summed E-state index contributed by atoms with van der Waals surface area (Å²) in [6.45, 7) is 2.51. The molecule has 0 saturated carbocycles. The number of benzene rings is 1. The van der Waals surface area contributed by atoms with Gasteiger partial charge >= 0.3 is 0 Å². The molecule has 1 rings (SSSR count). The van der Waals surface area contributed by atoms with E-state index in [0.29, 0.717) is 13.0 Å². The van der Waals surface area contributed by atoms with Gasteiger partial charge in [-0.15, -0.1) is 0 Å². The van der Waals surface area contributed by atoms with Crippen molar-refractivity contribution >= 4 is 10.2 Å². The van der Waals surface area contributed by atoms with Crippen molar-refractivity contribution in [3.05, 3.63) is 35.4 Å². The highest BCUT2D eigenvalue weighted by Crippen LogP contribution is 2.07. The van der Waals surface area contributed by atoms with Crippen molar-refractivity contribution in [1.82, 2.24) is 9.03 Å². The number of rotatable bonds is 7. The Morgan fingerprint density at radius 1 is 1.33 bits per heavy atom. The highest BCUT2D eigenvalue weighted by Gasteiger charge is 2.16. The Balaban J connectivity index is 2.59. The first-order valence-electron chi connectivity index (χ1n) is 5.83. The molecule has 6 heteroatoms. The van der Waals surface area contributed by atoms with Crippen molar-refractivity contribution in [2.45, 2.75) is 19.9 Å². The molecule has 0 atom stereocenters. The van der Waals surface area contributed by atoms with E-state index in [1.54, 1.807) is 0 Å². The second kappa shape index (κ2) is 6.84. The summed E-state index contributed by atoms with van der Waals surface area (Å²) in [6, 6.07) is 7.64. The van der Waals surface area contributed by atoms with Crippen LogP contribution >= 0.6 is 0 Å². The van der Waals surface area contributed by atoms with Gasteiger partial charge in [0.1, 0.15) is 0 Å². The third-order valence-corrected chi connectivity index (χ3v) is 4.26. The van der Waals surface area contributed by atoms with Crippen LogP contribution < -0.4 is 4.72 Å². The number of aliphatic hydroxyl groups is 1. The van der Waals surface area contributed by atoms with Gasteiger partial charge in [-0.1, -0.05) is 24.3 Å². The molecule has 0 spiro atoms. The number of nitrogens with one attached hydrogen (secondary N) is 1. The van der Waals surface area contributed by atoms with E-state index in [0.717, 1.165) is 11.1 Å². The van der Waals surface area contributed by atoms with E-state index in [9.17, 15) is 8.42 Å². The number of nitrogens with zero attached hydrogens (tertiary/aromatic N) is 1. The average molecular weight is 272 g/mol. The van der Waals surface area contributed by atoms with Gasteiger partial charge in [0.05, 0.1) is 0 Å². The lowest BCUT2D eigenvalue weighted by Gasteiger charge is -2.17. The van der Waals surface area contributed by atoms with Crippen molar-refractivity contribution in [3.63, 3.8) is 0 Å². The molecule has 0 aliphatic heterocycles. The van der Waals surface area contributed by atoms with E-state index >= 15 is 0 Å². The van der Waals surface area contributed by atoms with Gasteiger partial charge in [-0.25, -0.2) is 0 Å². The zero-order chi connectivity index (χ0) is 13.6. The minimum absolute atomic E-state index is 0.0162. The lowest BCUT2D eigenvalue weighted by Crippen LogP contribution is -2.38. The lowest BCUT2D eigenvalue weighted by molar-refractivity contribution is 0.275. The lowest BCUT2D eigenvalue weighted by atomic mass is 10.1. The van der Waals surface area contributed by atoms with Gasteiger partial charge in [-0.3, -0.25) is 0 Å². The van der Waals surface area contributed by atoms with E-state index in [-0.39, 0.29) is 13.2 Å². The molecule has 102 valence electrons. The molecule has 0 radical (unpaired) electrons. The fourth-order valence-corrected chi connectivity index (χ4v) is 2.43. The molecule has 2 N–H and O–H groups in total. The van der Waals surface area contributed by atoms with Gasteiger partial charge in [-0.2, -0.15) is 17.4 Å². The molecular weight excluding hydrogens is 252 g/mol. The van der Waals surface area contributed by atoms with Crippen molar-refractivity contribution in [1.29, 1.82) is 0 Å². The molecule has 0 bridgehead atoms. The predicted molar refractivity (Wildman–Crippen MR) is 71.3 cm³/mol. The van der Waals surface area contributed by atoms with Gasteiger partial charge in [0.2, 0.25) is 0 Å². The largest absolute Gasteiger partial charge is 0.396 e. The van der Waals surface area contributed by atoms with Gasteiger partial charge in [0.25, 0.3) is 10.2 Å². The first-order chi connectivity index (χ1) is 8.47. The first kappa shape index (κ1) is 15.1. The van der Waals surface area contributed by atoms with Crippen LogP contribution in [0.4, 0.5) is 0 Å². The highest BCUT2D eigenvalue weighted by atomic mass is 32.2. The van der Waals surface area contributed by atoms with Gasteiger partial charge in [-0.05, 0) is 24.5 Å². The highest BCUT2D eigenvalue weighted by molar-refractivity contribution is 7.87. The predicted octanol–water partition coefficient (Wildman–Crippen LogP) is 0.644. The topological polar surface area (TPSA) is 69.6 Å². The number of aryl methyl sites for hydroxylation is 1. The Morgan fingerprint density at radius 3 is 2.61 bits per heavy atom. The summed E-state index contributed by atoms with van der Waals surface area (Å²) in [6.07, 6.45) is 0.432. The van der Waals surface area contributed by atoms with Crippen LogP contribution in [0.1, 0.15) is 17.5 Å². The van der Waals surface area contributed by atoms with Crippen molar-refractivity contribution < 1.29 is 13.5 Å². The van der Waals surface area contributed by atoms with Gasteiger partial charge in [0, 0.05) is 26.7 Å². The molecule has 0 aliphatic rings. The third-order valence-electron chi connectivity index (χ3n) is 2.75. The second-order valence-corrected chi connectivity index (χ2v) is 6.01. The monoisotopic (exact) mass is 272 g/mol. The minimum atomic E-state index is -3.48. The second-order valence-electron chi connectivity index (χ2n) is 4.15. The standard InChI is InChI=1S/C12H20N2O3S/c1-11-6-3-4-7-12(11)10-13-18(16,17)14(2)8-5-9-15/h3-4,6-7,13,15H,5,8-10H2,1-2H3. The maximum absolute atomic E-state index is 11.9. The zero-order valence-electron chi connectivity index (χ0n) is 10.8. The Bertz CT molecular complexity index is 474. The molecule has 18 heavy (non-hydrogen) atoms. The van der Waals surface area contributed by atoms with Crippen LogP contribution in [0.5, 0.6) is 0 Å². The smallest absolute Gasteiger partial charge is 0.279 e. The summed E-state index contributed by atoms with van der Waals surface area (Å²) in [5.74, 6) is 0. The Hall–Kier alpha value is -0.950.